The van der Waals surface area contributed by atoms with E-state index in [2.05, 4.69) is 20.6 Å². The Morgan fingerprint density at radius 3 is 3.19 bits per heavy atom. The largest absolute Gasteiger partial charge is 0.355 e. The third kappa shape index (κ3) is 3.34. The molecule has 8 heteroatoms. The molecule has 0 atom stereocenters. The Labute approximate surface area is 124 Å². The average molecular weight is 303 g/mol. The molecule has 21 heavy (non-hydrogen) atoms. The molecule has 0 spiro atoms. The monoisotopic (exact) mass is 303 g/mol. The molecule has 3 rings (SSSR count). The van der Waals surface area contributed by atoms with E-state index in [4.69, 9.17) is 4.52 Å². The summed E-state index contributed by atoms with van der Waals surface area (Å²) in [5.41, 5.74) is 1.22. The van der Waals surface area contributed by atoms with Crippen molar-refractivity contribution in [3.8, 4) is 11.3 Å². The number of aromatic nitrogens is 4. The zero-order chi connectivity index (χ0) is 14.5. The van der Waals surface area contributed by atoms with Gasteiger partial charge in [0.05, 0.1) is 0 Å². The fraction of sp³-hybridized carbons (Fsp3) is 0.231. The first-order chi connectivity index (χ1) is 10.3. The standard InChI is InChI=1S/C13H13N5O2S/c19-13(15-3-1-4-18-9-14-8-16-18)11-6-12(20-17-11)10-2-5-21-7-10/h2,5-9H,1,3-4H2,(H,15,19). The summed E-state index contributed by atoms with van der Waals surface area (Å²) in [7, 11) is 0. The summed E-state index contributed by atoms with van der Waals surface area (Å²) in [5.74, 6) is 0.364. The highest BCUT2D eigenvalue weighted by Crippen LogP contribution is 2.22. The van der Waals surface area contributed by atoms with E-state index in [0.717, 1.165) is 12.0 Å². The molecule has 0 aliphatic carbocycles. The zero-order valence-corrected chi connectivity index (χ0v) is 11.9. The van der Waals surface area contributed by atoms with Gasteiger partial charge in [-0.3, -0.25) is 9.48 Å². The topological polar surface area (TPSA) is 85.8 Å². The maximum absolute atomic E-state index is 11.9. The van der Waals surface area contributed by atoms with Crippen molar-refractivity contribution < 1.29 is 9.32 Å². The number of carbonyl (C=O) groups excluding carboxylic acids is 1. The summed E-state index contributed by atoms with van der Waals surface area (Å²) >= 11 is 1.57. The van der Waals surface area contributed by atoms with Crippen molar-refractivity contribution in [1.29, 1.82) is 0 Å². The second-order valence-electron chi connectivity index (χ2n) is 4.36. The lowest BCUT2D eigenvalue weighted by Crippen LogP contribution is -2.25. The number of rotatable bonds is 6. The van der Waals surface area contributed by atoms with Crippen LogP contribution in [0.15, 0.2) is 40.1 Å². The number of thiophene rings is 1. The van der Waals surface area contributed by atoms with E-state index in [1.807, 2.05) is 16.8 Å². The molecular formula is C13H13N5O2S. The van der Waals surface area contributed by atoms with Gasteiger partial charge in [-0.1, -0.05) is 5.16 Å². The number of hydrogen-bond acceptors (Lipinski definition) is 6. The van der Waals surface area contributed by atoms with Crippen LogP contribution in [0.2, 0.25) is 0 Å². The van der Waals surface area contributed by atoms with E-state index in [-0.39, 0.29) is 11.6 Å². The fourth-order valence-corrected chi connectivity index (χ4v) is 2.45. The first-order valence-electron chi connectivity index (χ1n) is 6.43. The Balaban J connectivity index is 1.49. The van der Waals surface area contributed by atoms with Gasteiger partial charge in [0.2, 0.25) is 0 Å². The van der Waals surface area contributed by atoms with Gasteiger partial charge in [-0.05, 0) is 17.9 Å². The smallest absolute Gasteiger partial charge is 0.273 e. The molecule has 0 bridgehead atoms. The van der Waals surface area contributed by atoms with Crippen molar-refractivity contribution in [2.75, 3.05) is 6.54 Å². The van der Waals surface area contributed by atoms with Crippen LogP contribution in [0.25, 0.3) is 11.3 Å². The number of carbonyl (C=O) groups is 1. The SMILES string of the molecule is O=C(NCCCn1cncn1)c1cc(-c2ccsc2)on1. The molecule has 3 aromatic rings. The van der Waals surface area contributed by atoms with Crippen LogP contribution in [-0.2, 0) is 6.54 Å². The van der Waals surface area contributed by atoms with E-state index in [1.165, 1.54) is 6.33 Å². The molecule has 108 valence electrons. The first-order valence-corrected chi connectivity index (χ1v) is 7.37. The molecule has 0 radical (unpaired) electrons. The zero-order valence-electron chi connectivity index (χ0n) is 11.1. The van der Waals surface area contributed by atoms with Gasteiger partial charge in [0.25, 0.3) is 5.91 Å². The van der Waals surface area contributed by atoms with Crippen molar-refractivity contribution in [3.63, 3.8) is 0 Å². The Bertz CT molecular complexity index is 690. The molecule has 0 saturated heterocycles. The van der Waals surface area contributed by atoms with E-state index in [9.17, 15) is 4.79 Å². The molecule has 0 aliphatic rings. The summed E-state index contributed by atoms with van der Waals surface area (Å²) < 4.78 is 6.89. The van der Waals surface area contributed by atoms with Crippen LogP contribution < -0.4 is 5.32 Å². The summed E-state index contributed by atoms with van der Waals surface area (Å²) in [6.07, 6.45) is 3.90. The summed E-state index contributed by atoms with van der Waals surface area (Å²) in [6, 6.07) is 3.57. The van der Waals surface area contributed by atoms with Crippen molar-refractivity contribution in [3.05, 3.63) is 41.2 Å². The molecule has 0 aromatic carbocycles. The van der Waals surface area contributed by atoms with E-state index < -0.39 is 0 Å². The third-order valence-corrected chi connectivity index (χ3v) is 3.55. The average Bonchev–Trinajstić information content (AvgIpc) is 3.25. The third-order valence-electron chi connectivity index (χ3n) is 2.86. The highest BCUT2D eigenvalue weighted by atomic mass is 32.1. The highest BCUT2D eigenvalue weighted by Gasteiger charge is 2.13. The first kappa shape index (κ1) is 13.5. The lowest BCUT2D eigenvalue weighted by Gasteiger charge is -2.02. The fourth-order valence-electron chi connectivity index (χ4n) is 1.80. The number of amides is 1. The minimum atomic E-state index is -0.237. The minimum Gasteiger partial charge on any atom is -0.355 e. The van der Waals surface area contributed by atoms with E-state index >= 15 is 0 Å². The Morgan fingerprint density at radius 2 is 2.43 bits per heavy atom. The van der Waals surface area contributed by atoms with Gasteiger partial charge in [0, 0.05) is 30.1 Å². The maximum Gasteiger partial charge on any atom is 0.273 e. The molecule has 0 unspecified atom stereocenters. The van der Waals surface area contributed by atoms with Crippen LogP contribution >= 0.6 is 11.3 Å². The van der Waals surface area contributed by atoms with Gasteiger partial charge < -0.3 is 9.84 Å². The van der Waals surface area contributed by atoms with Crippen LogP contribution in [0.4, 0.5) is 0 Å². The van der Waals surface area contributed by atoms with Crippen molar-refractivity contribution >= 4 is 17.2 Å². The van der Waals surface area contributed by atoms with Gasteiger partial charge in [0.15, 0.2) is 11.5 Å². The van der Waals surface area contributed by atoms with Crippen molar-refractivity contribution in [1.82, 2.24) is 25.2 Å². The molecule has 0 aliphatic heterocycles. The lowest BCUT2D eigenvalue weighted by atomic mass is 10.2. The van der Waals surface area contributed by atoms with Crippen molar-refractivity contribution in [2.45, 2.75) is 13.0 Å². The molecule has 0 fully saturated rings. The van der Waals surface area contributed by atoms with Gasteiger partial charge in [-0.2, -0.15) is 16.4 Å². The number of nitrogens with one attached hydrogen (secondary N) is 1. The number of nitrogens with zero attached hydrogens (tertiary/aromatic N) is 4. The minimum absolute atomic E-state index is 0.237. The van der Waals surface area contributed by atoms with Gasteiger partial charge in [-0.15, -0.1) is 0 Å². The summed E-state index contributed by atoms with van der Waals surface area (Å²) in [4.78, 5) is 15.8. The predicted octanol–water partition coefficient (Wildman–Crippen LogP) is 1.81. The van der Waals surface area contributed by atoms with E-state index in [0.29, 0.717) is 18.8 Å². The second-order valence-corrected chi connectivity index (χ2v) is 5.14. The predicted molar refractivity (Wildman–Crippen MR) is 76.8 cm³/mol. The van der Waals surface area contributed by atoms with Crippen LogP contribution in [0.1, 0.15) is 16.9 Å². The normalized spacial score (nSPS) is 10.7. The molecular weight excluding hydrogens is 290 g/mol. The Morgan fingerprint density at radius 1 is 1.48 bits per heavy atom. The van der Waals surface area contributed by atoms with Gasteiger partial charge in [0.1, 0.15) is 12.7 Å². The Kier molecular flexibility index (Phi) is 4.06. The number of aryl methyl sites for hydroxylation is 1. The van der Waals surface area contributed by atoms with E-state index in [1.54, 1.807) is 28.4 Å². The van der Waals surface area contributed by atoms with Crippen molar-refractivity contribution in [2.24, 2.45) is 0 Å². The van der Waals surface area contributed by atoms with Crippen LogP contribution in [0.5, 0.6) is 0 Å². The number of hydrogen-bond donors (Lipinski definition) is 1. The van der Waals surface area contributed by atoms with Gasteiger partial charge in [-0.25, -0.2) is 4.98 Å². The second kappa shape index (κ2) is 6.31. The summed E-state index contributed by atoms with van der Waals surface area (Å²) in [6.45, 7) is 1.25. The lowest BCUT2D eigenvalue weighted by molar-refractivity contribution is 0.0943. The molecule has 3 aromatic heterocycles. The molecule has 7 nitrogen and oxygen atoms in total. The molecule has 3 heterocycles. The maximum atomic E-state index is 11.9. The van der Waals surface area contributed by atoms with Gasteiger partial charge >= 0.3 is 0 Å². The van der Waals surface area contributed by atoms with Crippen LogP contribution in [0.3, 0.4) is 0 Å². The molecule has 0 saturated carbocycles. The molecule has 1 N–H and O–H groups in total. The highest BCUT2D eigenvalue weighted by molar-refractivity contribution is 7.08. The molecule has 1 amide bonds. The summed E-state index contributed by atoms with van der Waals surface area (Å²) in [5, 5.41) is 14.5. The quantitative estimate of drug-likeness (QED) is 0.702. The van der Waals surface area contributed by atoms with Crippen LogP contribution in [0, 0.1) is 0 Å². The Hall–Kier alpha value is -2.48. The van der Waals surface area contributed by atoms with Crippen LogP contribution in [-0.4, -0.2) is 32.4 Å².